The van der Waals surface area contributed by atoms with Crippen LogP contribution in [0.15, 0.2) is 36.4 Å². The molecular weight excluding hydrogens is 650 g/mol. The van der Waals surface area contributed by atoms with Gasteiger partial charge < -0.3 is 19.9 Å². The van der Waals surface area contributed by atoms with Gasteiger partial charge in [-0.2, -0.15) is 0 Å². The van der Waals surface area contributed by atoms with E-state index in [1.807, 2.05) is 12.1 Å². The summed E-state index contributed by atoms with van der Waals surface area (Å²) in [5.41, 5.74) is 1.08. The molecule has 0 saturated heterocycles. The van der Waals surface area contributed by atoms with Gasteiger partial charge in [-0.1, -0.05) is 58.9 Å². The highest BCUT2D eigenvalue weighted by molar-refractivity contribution is 5.84. The molecule has 1 aromatic carbocycles. The van der Waals surface area contributed by atoms with Gasteiger partial charge in [0, 0.05) is 12.0 Å². The van der Waals surface area contributed by atoms with Crippen molar-refractivity contribution >= 4 is 17.8 Å². The number of carbonyl (C=O) groups excluding carboxylic acids is 2. The van der Waals surface area contributed by atoms with Gasteiger partial charge in [-0.05, 0) is 155 Å². The number of fused-ring (bicyclic) bond motifs is 7. The van der Waals surface area contributed by atoms with E-state index in [4.69, 9.17) is 9.47 Å². The van der Waals surface area contributed by atoms with E-state index in [-0.39, 0.29) is 45.5 Å². The van der Waals surface area contributed by atoms with Gasteiger partial charge in [0.1, 0.15) is 11.9 Å². The fourth-order valence-corrected chi connectivity index (χ4v) is 13.7. The number of methoxy groups -OCH3 is 1. The van der Waals surface area contributed by atoms with Crippen molar-refractivity contribution in [2.75, 3.05) is 13.7 Å². The molecule has 7 heteroatoms. The van der Waals surface area contributed by atoms with Crippen LogP contribution in [0.5, 0.6) is 5.75 Å². The molecule has 0 radical (unpaired) electrons. The third-order valence-corrected chi connectivity index (χ3v) is 16.7. The Morgan fingerprint density at radius 2 is 1.65 bits per heavy atom. The number of ether oxygens (including phenoxy) is 2. The fraction of sp³-hybridized carbons (Fsp3) is 0.756. The molecule has 5 saturated carbocycles. The van der Waals surface area contributed by atoms with E-state index in [1.54, 1.807) is 21.0 Å². The molecular formula is C45H67NO6. The van der Waals surface area contributed by atoms with Crippen molar-refractivity contribution in [3.8, 4) is 5.75 Å². The first-order chi connectivity index (χ1) is 24.3. The zero-order valence-corrected chi connectivity index (χ0v) is 33.7. The lowest BCUT2D eigenvalue weighted by atomic mass is 9.32. The predicted molar refractivity (Wildman–Crippen MR) is 205 cm³/mol. The van der Waals surface area contributed by atoms with Crippen LogP contribution in [0.3, 0.4) is 0 Å². The van der Waals surface area contributed by atoms with E-state index >= 15 is 0 Å². The van der Waals surface area contributed by atoms with Gasteiger partial charge in [0.2, 0.25) is 5.91 Å². The average molecular weight is 718 g/mol. The van der Waals surface area contributed by atoms with Crippen molar-refractivity contribution in [2.45, 2.75) is 139 Å². The van der Waals surface area contributed by atoms with Crippen molar-refractivity contribution in [3.05, 3.63) is 42.0 Å². The van der Waals surface area contributed by atoms with Crippen LogP contribution in [0.2, 0.25) is 0 Å². The molecule has 7 nitrogen and oxygen atoms in total. The summed E-state index contributed by atoms with van der Waals surface area (Å²) < 4.78 is 11.6. The highest BCUT2D eigenvalue weighted by Crippen LogP contribution is 2.77. The summed E-state index contributed by atoms with van der Waals surface area (Å²) in [6, 6.07) is 8.13. The van der Waals surface area contributed by atoms with Crippen LogP contribution in [-0.4, -0.2) is 42.7 Å². The summed E-state index contributed by atoms with van der Waals surface area (Å²) in [5.74, 6) is 1.84. The molecule has 52 heavy (non-hydrogen) atoms. The number of carboxylic acid groups (broad SMARTS) is 1. The Kier molecular flexibility index (Phi) is 10.1. The second-order valence-electron chi connectivity index (χ2n) is 19.9. The SMILES string of the molecule is C=C(C)[C@@H]1CCC2(C(=O)NCCc3cccc(OC)c3)CC[C@]3(C)C(CCC4[C@@]5(C)CCC(OC(=O)CC(C)(C)C(=O)O)C(C)(C)C5CC[C@]43C)C12. The summed E-state index contributed by atoms with van der Waals surface area (Å²) in [6.45, 7) is 22.9. The second kappa shape index (κ2) is 13.5. The zero-order chi connectivity index (χ0) is 38.1. The standard InChI is InChI=1S/C45H67NO6/c1-28(2)31-16-22-45(38(48)46-25-19-29-12-11-13-30(26-29)51-10)24-23-43(8)32(37(31)45)14-15-34-42(7)20-18-35(52-36(47)27-40(3,4)39(49)50)41(5,6)33(42)17-21-44(34,43)9/h11-13,26,31-35,37H,1,14-25,27H2,2-10H3,(H,46,48)(H,49,50)/t31-,32?,33?,34?,35?,37?,42-,43+,44+,45?/m0/s1. The number of nitrogens with one attached hydrogen (secondary N) is 1. The molecule has 6 rings (SSSR count). The summed E-state index contributed by atoms with van der Waals surface area (Å²) in [7, 11) is 1.69. The highest BCUT2D eigenvalue weighted by atomic mass is 16.5. The smallest absolute Gasteiger partial charge is 0.309 e. The lowest BCUT2D eigenvalue weighted by Crippen LogP contribution is -2.67. The number of benzene rings is 1. The number of carboxylic acids is 1. The Bertz CT molecular complexity index is 1580. The van der Waals surface area contributed by atoms with Crippen LogP contribution in [0.1, 0.15) is 132 Å². The number of allylic oxidation sites excluding steroid dienone is 1. The first kappa shape index (κ1) is 38.9. The Balaban J connectivity index is 1.22. The Morgan fingerprint density at radius 3 is 2.33 bits per heavy atom. The van der Waals surface area contributed by atoms with E-state index in [0.29, 0.717) is 36.1 Å². The van der Waals surface area contributed by atoms with E-state index < -0.39 is 17.4 Å². The van der Waals surface area contributed by atoms with Crippen LogP contribution < -0.4 is 10.1 Å². The molecule has 1 amide bonds. The largest absolute Gasteiger partial charge is 0.497 e. The third-order valence-electron chi connectivity index (χ3n) is 16.7. The van der Waals surface area contributed by atoms with Crippen molar-refractivity contribution in [1.29, 1.82) is 0 Å². The van der Waals surface area contributed by atoms with Crippen LogP contribution in [0.25, 0.3) is 0 Å². The predicted octanol–water partition coefficient (Wildman–Crippen LogP) is 9.42. The molecule has 5 fully saturated rings. The van der Waals surface area contributed by atoms with Crippen molar-refractivity contribution in [3.63, 3.8) is 0 Å². The monoisotopic (exact) mass is 717 g/mol. The molecule has 10 atom stereocenters. The van der Waals surface area contributed by atoms with E-state index in [1.165, 1.54) is 17.6 Å². The molecule has 5 aliphatic rings. The molecule has 6 unspecified atom stereocenters. The molecule has 1 aromatic rings. The maximum absolute atomic E-state index is 14.5. The normalized spacial score (nSPS) is 39.2. The maximum Gasteiger partial charge on any atom is 0.309 e. The summed E-state index contributed by atoms with van der Waals surface area (Å²) in [6.07, 6.45) is 10.9. The topological polar surface area (TPSA) is 102 Å². The van der Waals surface area contributed by atoms with Crippen LogP contribution in [-0.2, 0) is 25.5 Å². The summed E-state index contributed by atoms with van der Waals surface area (Å²) >= 11 is 0. The Hall–Kier alpha value is -2.83. The number of rotatable bonds is 10. The molecule has 2 N–H and O–H groups in total. The van der Waals surface area contributed by atoms with Gasteiger partial charge in [0.25, 0.3) is 0 Å². The number of hydrogen-bond acceptors (Lipinski definition) is 5. The molecule has 0 spiro atoms. The number of aliphatic carboxylic acids is 1. The first-order valence-corrected chi connectivity index (χ1v) is 20.3. The number of carbonyl (C=O) groups is 3. The van der Waals surface area contributed by atoms with Gasteiger partial charge in [-0.15, -0.1) is 0 Å². The van der Waals surface area contributed by atoms with Gasteiger partial charge in [0.05, 0.1) is 24.4 Å². The average Bonchev–Trinajstić information content (AvgIpc) is 3.47. The lowest BCUT2D eigenvalue weighted by molar-refractivity contribution is -0.249. The number of hydrogen-bond donors (Lipinski definition) is 2. The molecule has 288 valence electrons. The molecule has 5 aliphatic carbocycles. The molecule has 0 bridgehead atoms. The van der Waals surface area contributed by atoms with E-state index in [0.717, 1.165) is 70.0 Å². The molecule has 0 aliphatic heterocycles. The van der Waals surface area contributed by atoms with E-state index in [9.17, 15) is 19.5 Å². The minimum atomic E-state index is -1.15. The fourth-order valence-electron chi connectivity index (χ4n) is 13.7. The zero-order valence-electron chi connectivity index (χ0n) is 33.7. The Morgan fingerprint density at radius 1 is 0.923 bits per heavy atom. The van der Waals surface area contributed by atoms with Crippen LogP contribution >= 0.6 is 0 Å². The lowest BCUT2D eigenvalue weighted by Gasteiger charge is -2.72. The third kappa shape index (κ3) is 6.03. The van der Waals surface area contributed by atoms with Gasteiger partial charge >= 0.3 is 11.9 Å². The minimum Gasteiger partial charge on any atom is -0.497 e. The van der Waals surface area contributed by atoms with Gasteiger partial charge in [-0.25, -0.2) is 0 Å². The van der Waals surface area contributed by atoms with Crippen molar-refractivity contribution < 1.29 is 29.0 Å². The number of amides is 1. The molecule has 0 heterocycles. The number of esters is 1. The first-order valence-electron chi connectivity index (χ1n) is 20.3. The van der Waals surface area contributed by atoms with Gasteiger partial charge in [0.15, 0.2) is 0 Å². The second-order valence-corrected chi connectivity index (χ2v) is 19.9. The van der Waals surface area contributed by atoms with Crippen LogP contribution in [0.4, 0.5) is 0 Å². The Labute approximate surface area is 313 Å². The summed E-state index contributed by atoms with van der Waals surface area (Å²) in [4.78, 5) is 39.4. The van der Waals surface area contributed by atoms with Crippen molar-refractivity contribution in [1.82, 2.24) is 5.32 Å². The minimum absolute atomic E-state index is 0.114. The van der Waals surface area contributed by atoms with Gasteiger partial charge in [-0.3, -0.25) is 14.4 Å². The maximum atomic E-state index is 14.5. The van der Waals surface area contributed by atoms with E-state index in [2.05, 4.69) is 65.6 Å². The van der Waals surface area contributed by atoms with Crippen molar-refractivity contribution in [2.24, 2.45) is 62.1 Å². The summed E-state index contributed by atoms with van der Waals surface area (Å²) in [5, 5.41) is 13.1. The highest BCUT2D eigenvalue weighted by Gasteiger charge is 2.72. The molecule has 0 aromatic heterocycles. The van der Waals surface area contributed by atoms with Crippen LogP contribution in [0, 0.1) is 62.1 Å². The quantitative estimate of drug-likeness (QED) is 0.185.